The van der Waals surface area contributed by atoms with Crippen molar-refractivity contribution in [2.45, 2.75) is 31.6 Å². The zero-order valence-electron chi connectivity index (χ0n) is 16.6. The summed E-state index contributed by atoms with van der Waals surface area (Å²) in [6.07, 6.45) is 5.58. The van der Waals surface area contributed by atoms with E-state index in [1.165, 1.54) is 29.3 Å². The predicted molar refractivity (Wildman–Crippen MR) is 115 cm³/mol. The molecule has 0 spiro atoms. The Bertz CT molecular complexity index is 957. The Morgan fingerprint density at radius 1 is 1.14 bits per heavy atom. The van der Waals surface area contributed by atoms with Gasteiger partial charge in [-0.15, -0.1) is 0 Å². The third-order valence-corrected chi connectivity index (χ3v) is 5.79. The third kappa shape index (κ3) is 4.98. The molecule has 5 nitrogen and oxygen atoms in total. The number of para-hydroxylation sites is 1. The summed E-state index contributed by atoms with van der Waals surface area (Å²) in [5, 5.41) is 10.3. The lowest BCUT2D eigenvalue weighted by Gasteiger charge is -2.31. The minimum Gasteiger partial charge on any atom is -0.494 e. The zero-order valence-corrected chi connectivity index (χ0v) is 16.6. The number of nitrogens with zero attached hydrogens (tertiary/aromatic N) is 1. The third-order valence-electron chi connectivity index (χ3n) is 5.79. The van der Waals surface area contributed by atoms with E-state index in [0.29, 0.717) is 12.5 Å². The average Bonchev–Trinajstić information content (AvgIpc) is 3.16. The molecule has 2 heterocycles. The van der Waals surface area contributed by atoms with Crippen molar-refractivity contribution in [2.75, 3.05) is 26.2 Å². The molecule has 0 bridgehead atoms. The first kappa shape index (κ1) is 19.5. The second kappa shape index (κ2) is 9.14. The lowest BCUT2D eigenvalue weighted by molar-refractivity contribution is -0.136. The summed E-state index contributed by atoms with van der Waals surface area (Å²) in [4.78, 5) is 16.8. The van der Waals surface area contributed by atoms with Crippen molar-refractivity contribution < 1.29 is 14.6 Å². The van der Waals surface area contributed by atoms with E-state index >= 15 is 0 Å². The van der Waals surface area contributed by atoms with Crippen molar-refractivity contribution in [3.63, 3.8) is 0 Å². The number of likely N-dealkylation sites (tertiary alicyclic amines) is 1. The molecule has 4 rings (SSSR count). The number of carboxylic acids is 1. The Labute approximate surface area is 171 Å². The van der Waals surface area contributed by atoms with Gasteiger partial charge in [-0.1, -0.05) is 30.3 Å². The molecule has 3 aromatic rings. The molecule has 1 fully saturated rings. The van der Waals surface area contributed by atoms with Crippen LogP contribution in [0.4, 0.5) is 0 Å². The number of aromatic nitrogens is 1. The maximum atomic E-state index is 10.8. The van der Waals surface area contributed by atoms with E-state index in [2.05, 4.69) is 40.3 Å². The van der Waals surface area contributed by atoms with Crippen LogP contribution in [-0.4, -0.2) is 47.2 Å². The van der Waals surface area contributed by atoms with Crippen LogP contribution >= 0.6 is 0 Å². The van der Waals surface area contributed by atoms with Crippen LogP contribution < -0.4 is 4.74 Å². The fourth-order valence-electron chi connectivity index (χ4n) is 4.30. The van der Waals surface area contributed by atoms with Gasteiger partial charge in [-0.25, -0.2) is 0 Å². The van der Waals surface area contributed by atoms with Gasteiger partial charge in [-0.05, 0) is 67.6 Å². The number of aromatic amines is 1. The normalized spacial score (nSPS) is 15.6. The maximum absolute atomic E-state index is 10.8. The molecule has 1 aliphatic rings. The molecule has 0 amide bonds. The molecule has 0 saturated carbocycles. The van der Waals surface area contributed by atoms with Gasteiger partial charge in [0.15, 0.2) is 0 Å². The van der Waals surface area contributed by atoms with Crippen LogP contribution in [0.3, 0.4) is 0 Å². The molecule has 0 radical (unpaired) electrons. The second-order valence-corrected chi connectivity index (χ2v) is 7.83. The van der Waals surface area contributed by atoms with E-state index in [0.717, 1.165) is 37.4 Å². The molecule has 0 atom stereocenters. The lowest BCUT2D eigenvalue weighted by atomic mass is 9.89. The number of fused-ring (bicyclic) bond motifs is 1. The number of rotatable bonds is 8. The largest absolute Gasteiger partial charge is 0.494 e. The minimum absolute atomic E-state index is 0.0303. The van der Waals surface area contributed by atoms with Gasteiger partial charge in [-0.3, -0.25) is 4.79 Å². The maximum Gasteiger partial charge on any atom is 0.307 e. The Hall–Kier alpha value is -2.79. The first-order valence-electron chi connectivity index (χ1n) is 10.4. The Balaban J connectivity index is 1.20. The fourth-order valence-corrected chi connectivity index (χ4v) is 4.30. The van der Waals surface area contributed by atoms with Crippen molar-refractivity contribution in [3.8, 4) is 5.75 Å². The molecule has 152 valence electrons. The highest BCUT2D eigenvalue weighted by molar-refractivity contribution is 5.83. The molecule has 29 heavy (non-hydrogen) atoms. The molecule has 2 N–H and O–H groups in total. The second-order valence-electron chi connectivity index (χ2n) is 7.83. The van der Waals surface area contributed by atoms with E-state index < -0.39 is 5.97 Å². The number of carboxylic acid groups (broad SMARTS) is 1. The van der Waals surface area contributed by atoms with E-state index in [1.807, 2.05) is 24.3 Å². The van der Waals surface area contributed by atoms with Gasteiger partial charge in [0, 0.05) is 23.6 Å². The number of aliphatic carboxylic acids is 1. The number of ether oxygens (including phenoxy) is 1. The Morgan fingerprint density at radius 3 is 2.79 bits per heavy atom. The van der Waals surface area contributed by atoms with Gasteiger partial charge in [0.2, 0.25) is 0 Å². The van der Waals surface area contributed by atoms with E-state index in [4.69, 9.17) is 9.84 Å². The fraction of sp³-hybridized carbons (Fsp3) is 0.375. The molecule has 2 aromatic carbocycles. The van der Waals surface area contributed by atoms with Crippen LogP contribution in [0.25, 0.3) is 10.9 Å². The summed E-state index contributed by atoms with van der Waals surface area (Å²) in [6.45, 7) is 3.94. The van der Waals surface area contributed by atoms with Crippen molar-refractivity contribution in [3.05, 3.63) is 65.9 Å². The number of hydrogen-bond donors (Lipinski definition) is 2. The first-order valence-corrected chi connectivity index (χ1v) is 10.4. The van der Waals surface area contributed by atoms with Crippen molar-refractivity contribution in [1.82, 2.24) is 9.88 Å². The summed E-state index contributed by atoms with van der Waals surface area (Å²) < 4.78 is 5.82. The van der Waals surface area contributed by atoms with Crippen molar-refractivity contribution in [1.29, 1.82) is 0 Å². The summed E-state index contributed by atoms with van der Waals surface area (Å²) in [6, 6.07) is 15.9. The quantitative estimate of drug-likeness (QED) is 0.556. The molecule has 0 unspecified atom stereocenters. The predicted octanol–water partition coefficient (Wildman–Crippen LogP) is 4.44. The number of benzene rings is 2. The van der Waals surface area contributed by atoms with Crippen LogP contribution in [0.5, 0.6) is 5.75 Å². The zero-order chi connectivity index (χ0) is 20.1. The Kier molecular flexibility index (Phi) is 6.15. The molecule has 1 saturated heterocycles. The van der Waals surface area contributed by atoms with E-state index in [9.17, 15) is 4.79 Å². The number of carbonyl (C=O) groups is 1. The van der Waals surface area contributed by atoms with Crippen LogP contribution in [0.15, 0.2) is 54.7 Å². The number of piperidine rings is 1. The van der Waals surface area contributed by atoms with E-state index in [-0.39, 0.29) is 6.42 Å². The summed E-state index contributed by atoms with van der Waals surface area (Å²) in [5.74, 6) is 0.565. The molecular formula is C24H28N2O3. The van der Waals surface area contributed by atoms with Crippen molar-refractivity contribution in [2.24, 2.45) is 0 Å². The van der Waals surface area contributed by atoms with Gasteiger partial charge in [-0.2, -0.15) is 0 Å². The SMILES string of the molecule is O=C(O)Cc1cccc(OCCCN2CCC(c3c[nH]c4ccccc34)CC2)c1. The number of H-pyrrole nitrogens is 1. The summed E-state index contributed by atoms with van der Waals surface area (Å²) >= 11 is 0. The molecular weight excluding hydrogens is 364 g/mol. The molecule has 5 heteroatoms. The van der Waals surface area contributed by atoms with Gasteiger partial charge in [0.05, 0.1) is 13.0 Å². The van der Waals surface area contributed by atoms with Crippen LogP contribution in [0, 0.1) is 0 Å². The average molecular weight is 392 g/mol. The van der Waals surface area contributed by atoms with Gasteiger partial charge < -0.3 is 19.7 Å². The summed E-state index contributed by atoms with van der Waals surface area (Å²) in [7, 11) is 0. The number of hydrogen-bond acceptors (Lipinski definition) is 3. The lowest BCUT2D eigenvalue weighted by Crippen LogP contribution is -2.34. The molecule has 0 aliphatic carbocycles. The molecule has 1 aromatic heterocycles. The first-order chi connectivity index (χ1) is 14.2. The molecule has 1 aliphatic heterocycles. The van der Waals surface area contributed by atoms with Gasteiger partial charge in [0.25, 0.3) is 0 Å². The van der Waals surface area contributed by atoms with Crippen molar-refractivity contribution >= 4 is 16.9 Å². The summed E-state index contributed by atoms with van der Waals surface area (Å²) in [5.41, 5.74) is 3.47. The van der Waals surface area contributed by atoms with Gasteiger partial charge >= 0.3 is 5.97 Å². The monoisotopic (exact) mass is 392 g/mol. The highest BCUT2D eigenvalue weighted by Gasteiger charge is 2.22. The van der Waals surface area contributed by atoms with E-state index in [1.54, 1.807) is 0 Å². The smallest absolute Gasteiger partial charge is 0.307 e. The topological polar surface area (TPSA) is 65.6 Å². The van der Waals surface area contributed by atoms with Crippen LogP contribution in [0.1, 0.15) is 36.3 Å². The van der Waals surface area contributed by atoms with Gasteiger partial charge in [0.1, 0.15) is 5.75 Å². The highest BCUT2D eigenvalue weighted by atomic mass is 16.5. The number of nitrogens with one attached hydrogen (secondary N) is 1. The standard InChI is InChI=1S/C24H28N2O3/c27-24(28)16-18-5-3-6-20(15-18)29-14-4-11-26-12-9-19(10-13-26)22-17-25-23-8-2-1-7-21(22)23/h1-3,5-8,15,17,19,25H,4,9-14,16H2,(H,27,28). The Morgan fingerprint density at radius 2 is 1.97 bits per heavy atom. The minimum atomic E-state index is -0.821. The van der Waals surface area contributed by atoms with Crippen LogP contribution in [-0.2, 0) is 11.2 Å². The van der Waals surface area contributed by atoms with Crippen LogP contribution in [0.2, 0.25) is 0 Å². The highest BCUT2D eigenvalue weighted by Crippen LogP contribution is 2.33.